The van der Waals surface area contributed by atoms with Crippen LogP contribution in [0.2, 0.25) is 0 Å². The van der Waals surface area contributed by atoms with Gasteiger partial charge < -0.3 is 5.11 Å². The Labute approximate surface area is 84.6 Å². The van der Waals surface area contributed by atoms with Gasteiger partial charge in [-0.05, 0) is 46.6 Å². The van der Waals surface area contributed by atoms with Crippen LogP contribution in [0, 0.1) is 6.92 Å². The molecule has 0 bridgehead atoms. The number of hydrogen-bond acceptors (Lipinski definition) is 2. The molecule has 1 nitrogen and oxygen atoms in total. The Morgan fingerprint density at radius 2 is 2.33 bits per heavy atom. The molecule has 0 radical (unpaired) electrons. The van der Waals surface area contributed by atoms with Crippen molar-refractivity contribution in [2.75, 3.05) is 6.61 Å². The van der Waals surface area contributed by atoms with E-state index in [1.54, 1.807) is 11.3 Å². The summed E-state index contributed by atoms with van der Waals surface area (Å²) in [6, 6.07) is 0. The van der Waals surface area contributed by atoms with Gasteiger partial charge in [0, 0.05) is 14.8 Å². The zero-order valence-electron chi connectivity index (χ0n) is 6.93. The van der Waals surface area contributed by atoms with E-state index in [1.807, 2.05) is 0 Å². The van der Waals surface area contributed by atoms with Crippen molar-refractivity contribution in [3.63, 3.8) is 0 Å². The zero-order valence-corrected chi connectivity index (χ0v) is 9.33. The number of halogens is 1. The number of rotatable bonds is 2. The number of aliphatic hydroxyl groups excluding tert-OH is 1. The number of hydrogen-bond donors (Lipinski definition) is 1. The Morgan fingerprint density at radius 1 is 1.67 bits per heavy atom. The molecule has 66 valence electrons. The van der Waals surface area contributed by atoms with Crippen molar-refractivity contribution in [2.45, 2.75) is 25.2 Å². The average Bonchev–Trinajstić information content (AvgIpc) is 2.79. The van der Waals surface area contributed by atoms with Crippen LogP contribution in [0.5, 0.6) is 0 Å². The molecular weight excluding hydrogens is 236 g/mol. The van der Waals surface area contributed by atoms with Gasteiger partial charge in [0.25, 0.3) is 0 Å². The van der Waals surface area contributed by atoms with Crippen LogP contribution in [0.3, 0.4) is 0 Å². The molecule has 1 fully saturated rings. The van der Waals surface area contributed by atoms with Gasteiger partial charge in [0.1, 0.15) is 0 Å². The SMILES string of the molecule is Cc1csc(C2(CO)CC2)c1Br. The van der Waals surface area contributed by atoms with E-state index >= 15 is 0 Å². The van der Waals surface area contributed by atoms with Crippen molar-refractivity contribution in [1.82, 2.24) is 0 Å². The molecule has 0 aromatic carbocycles. The highest BCUT2D eigenvalue weighted by atomic mass is 79.9. The van der Waals surface area contributed by atoms with Crippen molar-refractivity contribution < 1.29 is 5.11 Å². The van der Waals surface area contributed by atoms with Crippen molar-refractivity contribution >= 4 is 27.3 Å². The fraction of sp³-hybridized carbons (Fsp3) is 0.556. The molecular formula is C9H11BrOS. The maximum atomic E-state index is 9.23. The first kappa shape index (κ1) is 8.73. The summed E-state index contributed by atoms with van der Waals surface area (Å²) in [4.78, 5) is 1.34. The second-order valence-electron chi connectivity index (χ2n) is 3.50. The van der Waals surface area contributed by atoms with Crippen LogP contribution < -0.4 is 0 Å². The third-order valence-electron chi connectivity index (χ3n) is 2.54. The smallest absolute Gasteiger partial charge is 0.0536 e. The monoisotopic (exact) mass is 246 g/mol. The Balaban J connectivity index is 2.40. The van der Waals surface area contributed by atoms with Gasteiger partial charge in [-0.1, -0.05) is 0 Å². The lowest BCUT2D eigenvalue weighted by Gasteiger charge is -2.09. The molecule has 2 rings (SSSR count). The molecule has 1 aliphatic rings. The topological polar surface area (TPSA) is 20.2 Å². The second kappa shape index (κ2) is 2.82. The summed E-state index contributed by atoms with van der Waals surface area (Å²) in [6.07, 6.45) is 2.28. The van der Waals surface area contributed by atoms with E-state index < -0.39 is 0 Å². The fourth-order valence-electron chi connectivity index (χ4n) is 1.40. The summed E-state index contributed by atoms with van der Waals surface area (Å²) >= 11 is 5.33. The normalized spacial score (nSPS) is 19.6. The van der Waals surface area contributed by atoms with E-state index in [-0.39, 0.29) is 5.41 Å². The highest BCUT2D eigenvalue weighted by Crippen LogP contribution is 2.52. The summed E-state index contributed by atoms with van der Waals surface area (Å²) in [5.41, 5.74) is 1.41. The summed E-state index contributed by atoms with van der Waals surface area (Å²) in [6.45, 7) is 2.39. The predicted octanol–water partition coefficient (Wildman–Crippen LogP) is 2.84. The quantitative estimate of drug-likeness (QED) is 0.852. The average molecular weight is 247 g/mol. The summed E-state index contributed by atoms with van der Waals surface area (Å²) < 4.78 is 1.21. The van der Waals surface area contributed by atoms with Gasteiger partial charge in [-0.15, -0.1) is 11.3 Å². The van der Waals surface area contributed by atoms with Crippen LogP contribution in [0.15, 0.2) is 9.85 Å². The van der Waals surface area contributed by atoms with Gasteiger partial charge in [0.05, 0.1) is 6.61 Å². The molecule has 0 aliphatic heterocycles. The lowest BCUT2D eigenvalue weighted by atomic mass is 10.1. The fourth-order valence-corrected chi connectivity index (χ4v) is 3.56. The lowest BCUT2D eigenvalue weighted by Crippen LogP contribution is -2.10. The minimum absolute atomic E-state index is 0.123. The molecule has 1 aromatic heterocycles. The summed E-state index contributed by atoms with van der Waals surface area (Å²) in [5, 5.41) is 11.4. The van der Waals surface area contributed by atoms with Gasteiger partial charge in [0.15, 0.2) is 0 Å². The minimum atomic E-state index is 0.123. The van der Waals surface area contributed by atoms with E-state index in [2.05, 4.69) is 28.2 Å². The van der Waals surface area contributed by atoms with Crippen LogP contribution in [0.25, 0.3) is 0 Å². The summed E-state index contributed by atoms with van der Waals surface area (Å²) in [7, 11) is 0. The largest absolute Gasteiger partial charge is 0.395 e. The van der Waals surface area contributed by atoms with Gasteiger partial charge in [0.2, 0.25) is 0 Å². The van der Waals surface area contributed by atoms with Crippen LogP contribution in [-0.4, -0.2) is 11.7 Å². The highest BCUT2D eigenvalue weighted by Gasteiger charge is 2.46. The van der Waals surface area contributed by atoms with Crippen LogP contribution in [0.1, 0.15) is 23.3 Å². The van der Waals surface area contributed by atoms with E-state index in [1.165, 1.54) is 14.9 Å². The maximum absolute atomic E-state index is 9.23. The van der Waals surface area contributed by atoms with Crippen molar-refractivity contribution in [2.24, 2.45) is 0 Å². The molecule has 1 N–H and O–H groups in total. The molecule has 0 amide bonds. The summed E-state index contributed by atoms with van der Waals surface area (Å²) in [5.74, 6) is 0. The lowest BCUT2D eigenvalue weighted by molar-refractivity contribution is 0.256. The number of aliphatic hydroxyl groups is 1. The molecule has 1 aliphatic carbocycles. The Kier molecular flexibility index (Phi) is 2.05. The van der Waals surface area contributed by atoms with Crippen molar-refractivity contribution in [3.05, 3.63) is 20.3 Å². The van der Waals surface area contributed by atoms with Gasteiger partial charge in [-0.3, -0.25) is 0 Å². The molecule has 1 aromatic rings. The molecule has 1 saturated carbocycles. The Bertz CT molecular complexity index is 301. The van der Waals surface area contributed by atoms with Gasteiger partial charge >= 0.3 is 0 Å². The standard InChI is InChI=1S/C9H11BrOS/c1-6-4-12-8(7(6)10)9(5-11)2-3-9/h4,11H,2-3,5H2,1H3. The molecule has 0 atom stereocenters. The second-order valence-corrected chi connectivity index (χ2v) is 5.17. The van der Waals surface area contributed by atoms with Crippen LogP contribution >= 0.6 is 27.3 Å². The minimum Gasteiger partial charge on any atom is -0.395 e. The maximum Gasteiger partial charge on any atom is 0.0536 e. The third kappa shape index (κ3) is 1.15. The Morgan fingerprint density at radius 3 is 2.67 bits per heavy atom. The number of thiophene rings is 1. The first-order valence-corrected chi connectivity index (χ1v) is 5.72. The van der Waals surface area contributed by atoms with E-state index in [0.29, 0.717) is 6.61 Å². The Hall–Kier alpha value is 0.140. The first-order valence-electron chi connectivity index (χ1n) is 4.04. The molecule has 3 heteroatoms. The molecule has 1 heterocycles. The van der Waals surface area contributed by atoms with E-state index in [0.717, 1.165) is 12.8 Å². The molecule has 0 spiro atoms. The molecule has 0 saturated heterocycles. The van der Waals surface area contributed by atoms with Crippen LogP contribution in [-0.2, 0) is 5.41 Å². The number of aryl methyl sites for hydroxylation is 1. The predicted molar refractivity (Wildman–Crippen MR) is 54.8 cm³/mol. The molecule has 0 unspecified atom stereocenters. The van der Waals surface area contributed by atoms with Crippen molar-refractivity contribution in [1.29, 1.82) is 0 Å². The van der Waals surface area contributed by atoms with Gasteiger partial charge in [-0.2, -0.15) is 0 Å². The molecule has 12 heavy (non-hydrogen) atoms. The highest BCUT2D eigenvalue weighted by molar-refractivity contribution is 9.10. The van der Waals surface area contributed by atoms with Crippen LogP contribution in [0.4, 0.5) is 0 Å². The first-order chi connectivity index (χ1) is 5.69. The van der Waals surface area contributed by atoms with E-state index in [9.17, 15) is 5.11 Å². The van der Waals surface area contributed by atoms with E-state index in [4.69, 9.17) is 0 Å². The zero-order chi connectivity index (χ0) is 8.77. The van der Waals surface area contributed by atoms with Gasteiger partial charge in [-0.25, -0.2) is 0 Å². The third-order valence-corrected chi connectivity index (χ3v) is 5.17. The van der Waals surface area contributed by atoms with Crippen molar-refractivity contribution in [3.8, 4) is 0 Å².